The van der Waals surface area contributed by atoms with E-state index in [1.54, 1.807) is 0 Å². The summed E-state index contributed by atoms with van der Waals surface area (Å²) in [5, 5.41) is 14.5. The Hall–Kier alpha value is -4.43. The van der Waals surface area contributed by atoms with Crippen LogP contribution < -0.4 is 25.4 Å². The van der Waals surface area contributed by atoms with Gasteiger partial charge in [-0.1, -0.05) is 104 Å². The van der Waals surface area contributed by atoms with Gasteiger partial charge in [0.25, 0.3) is 10.1 Å². The molecule has 5 heterocycles. The van der Waals surface area contributed by atoms with Crippen molar-refractivity contribution in [2.45, 2.75) is 7.43 Å². The van der Waals surface area contributed by atoms with Gasteiger partial charge in [-0.05, 0) is 21.5 Å². The summed E-state index contributed by atoms with van der Waals surface area (Å²) >= 11 is 0. The second-order valence-corrected chi connectivity index (χ2v) is 20.2. The number of nitrogens with two attached hydrogens (primary N) is 3. The molecule has 8 bridgehead atoms. The van der Waals surface area contributed by atoms with Gasteiger partial charge < -0.3 is 29.9 Å². The molecule has 61 heavy (non-hydrogen) atoms. The fraction of sp³-hybridized carbons (Fsp3) is 0.0588. The Bertz CT molecular complexity index is 3060. The van der Waals surface area contributed by atoms with E-state index in [0.29, 0.717) is 45.9 Å². The zero-order valence-electron chi connectivity index (χ0n) is 30.1. The van der Waals surface area contributed by atoms with E-state index >= 15 is 0 Å². The SMILES string of the molecule is C.NS(=O)(=O)CS(=O)(=O)O.NS(=O)(=O)S(N)(=O)=O.[2HH].[B].[Cu+2].[Y].c1ccc2c(c1)-c1nc-2nc2[n-]c(nc3nc(nc4[n-]c(n1)c1ccccc41)-c1ccccc1-3)c1ccccc21. The number of nitrogens with zero attached hydrogens (tertiary/aromatic N) is 8. The second-order valence-electron chi connectivity index (χ2n) is 12.0. The van der Waals surface area contributed by atoms with E-state index in [1.165, 1.54) is 0 Å². The summed E-state index contributed by atoms with van der Waals surface area (Å²) in [6, 6.07) is 31.8. The maximum atomic E-state index is 9.89. The van der Waals surface area contributed by atoms with Crippen LogP contribution in [0.15, 0.2) is 97.1 Å². The predicted molar refractivity (Wildman–Crippen MR) is 224 cm³/mol. The molecule has 7 aromatic rings. The van der Waals surface area contributed by atoms with Gasteiger partial charge in [0.05, 0.1) is 23.3 Å². The number of hydrogen-bond acceptors (Lipinski definition) is 14. The Morgan fingerprint density at radius 2 is 0.705 bits per heavy atom. The number of primary sulfonamides is 1. The van der Waals surface area contributed by atoms with Crippen LogP contribution in [0.5, 0.6) is 0 Å². The van der Waals surface area contributed by atoms with Crippen LogP contribution >= 0.6 is 0 Å². The summed E-state index contributed by atoms with van der Waals surface area (Å²) in [6.45, 7) is 0. The van der Waals surface area contributed by atoms with Crippen molar-refractivity contribution in [3.8, 4) is 45.6 Å². The first kappa shape index (κ1) is 50.9. The molecule has 0 unspecified atom stereocenters. The van der Waals surface area contributed by atoms with Gasteiger partial charge in [-0.2, -0.15) is 25.3 Å². The smallest absolute Gasteiger partial charge is 0.357 e. The van der Waals surface area contributed by atoms with Crippen molar-refractivity contribution in [1.29, 1.82) is 0 Å². The second kappa shape index (κ2) is 19.3. The van der Waals surface area contributed by atoms with Gasteiger partial charge in [0.15, 0.2) is 5.08 Å². The van der Waals surface area contributed by atoms with E-state index in [4.69, 9.17) is 44.4 Å². The van der Waals surface area contributed by atoms with Crippen molar-refractivity contribution in [1.82, 2.24) is 39.9 Å². The Morgan fingerprint density at radius 3 is 0.885 bits per heavy atom. The summed E-state index contributed by atoms with van der Waals surface area (Å²) in [5.74, 6) is 2.21. The molecule has 2 aliphatic rings. The van der Waals surface area contributed by atoms with Gasteiger partial charge in [-0.25, -0.2) is 33.8 Å². The minimum absolute atomic E-state index is 0. The van der Waals surface area contributed by atoms with E-state index < -0.39 is 43.3 Å². The Kier molecular flexibility index (Phi) is 16.1. The minimum Gasteiger partial charge on any atom is -0.357 e. The molecular formula is C34H31BCuN11O9S4Y. The molecular weight excluding hydrogens is 998 g/mol. The molecule has 0 fully saturated rings. The largest absolute Gasteiger partial charge is 2.00 e. The third kappa shape index (κ3) is 11.3. The van der Waals surface area contributed by atoms with E-state index in [-0.39, 0.29) is 67.0 Å². The molecule has 3 aromatic heterocycles. The quantitative estimate of drug-likeness (QED) is 0.112. The van der Waals surface area contributed by atoms with E-state index in [1.807, 2.05) is 97.1 Å². The topological polar surface area (TPSA) is 340 Å². The van der Waals surface area contributed by atoms with Gasteiger partial charge in [0.1, 0.15) is 0 Å². The Morgan fingerprint density at radius 1 is 0.475 bits per heavy atom. The van der Waals surface area contributed by atoms with Gasteiger partial charge in [0.2, 0.25) is 10.0 Å². The van der Waals surface area contributed by atoms with E-state index in [2.05, 4.69) is 15.4 Å². The monoisotopic (exact) mass is 1030 g/mol. The van der Waals surface area contributed by atoms with Crippen molar-refractivity contribution >= 4 is 90.8 Å². The van der Waals surface area contributed by atoms with Crippen molar-refractivity contribution in [2.24, 2.45) is 15.4 Å². The van der Waals surface area contributed by atoms with Gasteiger partial charge >= 0.3 is 35.2 Å². The molecule has 20 nitrogen and oxygen atoms in total. The van der Waals surface area contributed by atoms with E-state index in [0.717, 1.165) is 43.8 Å². The summed E-state index contributed by atoms with van der Waals surface area (Å²) in [6.07, 6.45) is 0. The summed E-state index contributed by atoms with van der Waals surface area (Å²) in [7, 11) is -17.8. The van der Waals surface area contributed by atoms with Crippen LogP contribution in [0.25, 0.3) is 89.7 Å². The fourth-order valence-corrected chi connectivity index (χ4v) is 7.33. The molecule has 0 atom stereocenters. The molecule has 0 spiro atoms. The van der Waals surface area contributed by atoms with Crippen LogP contribution in [0.4, 0.5) is 0 Å². The summed E-state index contributed by atoms with van der Waals surface area (Å²) in [5.41, 5.74) is 5.78. The molecule has 27 heteroatoms. The molecule has 0 amide bonds. The average molecular weight is 1030 g/mol. The number of hydrogen-bond donors (Lipinski definition) is 4. The molecule has 2 aliphatic heterocycles. The molecule has 4 aromatic carbocycles. The number of rotatable bonds is 3. The molecule has 317 valence electrons. The minimum atomic E-state index is -4.59. The van der Waals surface area contributed by atoms with Crippen LogP contribution in [-0.2, 0) is 88.0 Å². The maximum Gasteiger partial charge on any atom is 2.00 e. The Balaban J connectivity index is 0.000000517. The van der Waals surface area contributed by atoms with Crippen molar-refractivity contribution in [3.63, 3.8) is 0 Å². The molecule has 7 N–H and O–H groups in total. The fourth-order valence-electron chi connectivity index (χ4n) is 5.67. The van der Waals surface area contributed by atoms with Crippen molar-refractivity contribution in [3.05, 3.63) is 97.1 Å². The van der Waals surface area contributed by atoms with Crippen molar-refractivity contribution < 1.29 is 89.4 Å². The molecule has 5 radical (unpaired) electrons. The van der Waals surface area contributed by atoms with Crippen LogP contribution in [0.2, 0.25) is 0 Å². The van der Waals surface area contributed by atoms with E-state index in [9.17, 15) is 33.7 Å². The van der Waals surface area contributed by atoms with Crippen LogP contribution in [0.1, 0.15) is 8.85 Å². The zero-order chi connectivity index (χ0) is 40.9. The zero-order valence-corrected chi connectivity index (χ0v) is 37.1. The number of sulfonamides is 1. The third-order valence-corrected chi connectivity index (χ3v) is 13.1. The normalized spacial score (nSPS) is 11.7. The van der Waals surface area contributed by atoms with Gasteiger partial charge in [0, 0.05) is 87.4 Å². The maximum absolute atomic E-state index is 9.89. The third-order valence-electron chi connectivity index (χ3n) is 7.97. The molecule has 9 rings (SSSR count). The number of fused-ring (bicyclic) bond motifs is 20. The Labute approximate surface area is 387 Å². The average Bonchev–Trinajstić information content (AvgIpc) is 3.86. The predicted octanol–water partition coefficient (Wildman–Crippen LogP) is 2.22. The van der Waals surface area contributed by atoms with Crippen molar-refractivity contribution in [2.75, 3.05) is 5.08 Å². The molecule has 0 saturated heterocycles. The number of aromatic nitrogens is 8. The van der Waals surface area contributed by atoms with Gasteiger partial charge in [-0.15, -0.1) is 0 Å². The van der Waals surface area contributed by atoms with Crippen LogP contribution in [0, 0.1) is 0 Å². The molecule has 0 saturated carbocycles. The molecule has 0 aliphatic carbocycles. The summed E-state index contributed by atoms with van der Waals surface area (Å²) < 4.78 is 86.0. The van der Waals surface area contributed by atoms with Crippen LogP contribution in [0.3, 0.4) is 0 Å². The standard InChI is InChI=1S/C32H16N8.CH5NO5S2.CH4.B.Cu.H4N2O4S2.Y.H2/c1-2-10-18-17(9-1)25-33-26(18)38-28-21-13-5-6-14-22(21)30(35-28)40-32-24-16-8-7-15-23(24)31(36-32)39-29-20-12-4-3-11-19(20)27(34-29)37-25;2-8(3,4)1-9(5,6)7;;;;1-7(3,4)8(2,5)6;;/h1-16H;1H2,(H2,2,3,4)(H,5,6,7);1H4;;;(H2,1,3,4)(H2,2,5,6);;1H/q-2;;;;+2;;;/i;;;;;;;1+1. The summed E-state index contributed by atoms with van der Waals surface area (Å²) in [4.78, 5) is 39.3. The van der Waals surface area contributed by atoms with Crippen LogP contribution in [-0.4, -0.2) is 81.6 Å². The van der Waals surface area contributed by atoms with Gasteiger partial charge in [-0.3, -0.25) is 4.55 Å². The first-order valence-electron chi connectivity index (χ1n) is 15.9. The number of benzene rings is 4. The first-order valence-corrected chi connectivity index (χ1v) is 22.8. The first-order chi connectivity index (χ1) is 26.8.